The minimum Gasteiger partial charge on any atom is -0.312 e. The van der Waals surface area contributed by atoms with Crippen LogP contribution in [0.25, 0.3) is 0 Å². The highest BCUT2D eigenvalue weighted by molar-refractivity contribution is 7.88. The third-order valence-corrected chi connectivity index (χ3v) is 5.67. The zero-order valence-electron chi connectivity index (χ0n) is 12.5. The lowest BCUT2D eigenvalue weighted by molar-refractivity contribution is 0.182. The first-order chi connectivity index (χ1) is 10.0. The van der Waals surface area contributed by atoms with Crippen LogP contribution in [0.5, 0.6) is 0 Å². The lowest BCUT2D eigenvalue weighted by Crippen LogP contribution is -2.47. The molecule has 0 unspecified atom stereocenters. The minimum atomic E-state index is -3.04. The molecule has 116 valence electrons. The number of sulfonamides is 1. The topological polar surface area (TPSA) is 52.7 Å². The Hall–Kier alpha value is -0.950. The standard InChI is InChI=1S/C15H23N3O2S/c1-21(19,20)18-8-6-17(7-9-18)12-13-2-3-14-4-5-16-11-15(14)10-13/h2-3,10,16H,4-9,11-12H2,1H3. The maximum atomic E-state index is 11.5. The van der Waals surface area contributed by atoms with Crippen LogP contribution in [0.3, 0.4) is 0 Å². The molecule has 0 saturated carbocycles. The summed E-state index contributed by atoms with van der Waals surface area (Å²) in [6, 6.07) is 6.76. The molecule has 0 atom stereocenters. The van der Waals surface area contributed by atoms with Crippen molar-refractivity contribution in [3.63, 3.8) is 0 Å². The molecule has 2 aliphatic heterocycles. The molecule has 21 heavy (non-hydrogen) atoms. The largest absolute Gasteiger partial charge is 0.312 e. The molecule has 0 bridgehead atoms. The van der Waals surface area contributed by atoms with Gasteiger partial charge in [-0.3, -0.25) is 4.90 Å². The summed E-state index contributed by atoms with van der Waals surface area (Å²) in [7, 11) is -3.04. The average Bonchev–Trinajstić information content (AvgIpc) is 2.47. The average molecular weight is 309 g/mol. The molecular weight excluding hydrogens is 286 g/mol. The number of nitrogens with zero attached hydrogens (tertiary/aromatic N) is 2. The van der Waals surface area contributed by atoms with Crippen LogP contribution in [0.15, 0.2) is 18.2 Å². The second-order valence-electron chi connectivity index (χ2n) is 5.97. The maximum Gasteiger partial charge on any atom is 0.211 e. The summed E-state index contributed by atoms with van der Waals surface area (Å²) in [4.78, 5) is 2.33. The van der Waals surface area contributed by atoms with E-state index in [2.05, 4.69) is 28.4 Å². The third kappa shape index (κ3) is 3.63. The van der Waals surface area contributed by atoms with Crippen molar-refractivity contribution in [1.29, 1.82) is 0 Å². The molecule has 0 amide bonds. The van der Waals surface area contributed by atoms with E-state index in [-0.39, 0.29) is 0 Å². The van der Waals surface area contributed by atoms with Gasteiger partial charge in [0.2, 0.25) is 10.0 Å². The summed E-state index contributed by atoms with van der Waals surface area (Å²) in [6.45, 7) is 5.76. The summed E-state index contributed by atoms with van der Waals surface area (Å²) in [5.74, 6) is 0. The van der Waals surface area contributed by atoms with E-state index in [0.717, 1.165) is 39.1 Å². The van der Waals surface area contributed by atoms with E-state index in [9.17, 15) is 8.42 Å². The van der Waals surface area contributed by atoms with Crippen molar-refractivity contribution >= 4 is 10.0 Å². The van der Waals surface area contributed by atoms with Crippen molar-refractivity contribution in [1.82, 2.24) is 14.5 Å². The van der Waals surface area contributed by atoms with Crippen LogP contribution in [-0.2, 0) is 29.5 Å². The fourth-order valence-electron chi connectivity index (χ4n) is 3.11. The second-order valence-corrected chi connectivity index (χ2v) is 7.95. The zero-order valence-corrected chi connectivity index (χ0v) is 13.3. The van der Waals surface area contributed by atoms with Gasteiger partial charge in [-0.25, -0.2) is 8.42 Å². The van der Waals surface area contributed by atoms with E-state index < -0.39 is 10.0 Å². The highest BCUT2D eigenvalue weighted by Crippen LogP contribution is 2.18. The number of fused-ring (bicyclic) bond motifs is 1. The molecule has 1 N–H and O–H groups in total. The van der Waals surface area contributed by atoms with Crippen molar-refractivity contribution in [3.05, 3.63) is 34.9 Å². The molecule has 1 fully saturated rings. The SMILES string of the molecule is CS(=O)(=O)N1CCN(Cc2ccc3c(c2)CNCC3)CC1. The number of rotatable bonds is 3. The van der Waals surface area contributed by atoms with Crippen molar-refractivity contribution in [2.75, 3.05) is 39.0 Å². The van der Waals surface area contributed by atoms with Gasteiger partial charge in [0.15, 0.2) is 0 Å². The van der Waals surface area contributed by atoms with Crippen LogP contribution in [0.1, 0.15) is 16.7 Å². The molecule has 2 heterocycles. The summed E-state index contributed by atoms with van der Waals surface area (Å²) in [6.07, 6.45) is 2.40. The molecule has 0 spiro atoms. The second kappa shape index (κ2) is 6.04. The first kappa shape index (κ1) is 15.0. The minimum absolute atomic E-state index is 0.603. The van der Waals surface area contributed by atoms with Gasteiger partial charge in [-0.2, -0.15) is 4.31 Å². The lowest BCUT2D eigenvalue weighted by Gasteiger charge is -2.33. The van der Waals surface area contributed by atoms with E-state index >= 15 is 0 Å². The number of hydrogen-bond donors (Lipinski definition) is 1. The molecule has 5 nitrogen and oxygen atoms in total. The van der Waals surface area contributed by atoms with Crippen molar-refractivity contribution < 1.29 is 8.42 Å². The number of hydrogen-bond acceptors (Lipinski definition) is 4. The van der Waals surface area contributed by atoms with E-state index in [1.807, 2.05) is 0 Å². The Labute approximate surface area is 127 Å². The first-order valence-corrected chi connectivity index (χ1v) is 9.36. The van der Waals surface area contributed by atoms with Crippen LogP contribution in [0.2, 0.25) is 0 Å². The predicted molar refractivity (Wildman–Crippen MR) is 83.5 cm³/mol. The molecular formula is C15H23N3O2S. The van der Waals surface area contributed by atoms with E-state index in [4.69, 9.17) is 0 Å². The molecule has 6 heteroatoms. The Morgan fingerprint density at radius 1 is 1.14 bits per heavy atom. The molecule has 3 rings (SSSR count). The highest BCUT2D eigenvalue weighted by atomic mass is 32.2. The van der Waals surface area contributed by atoms with E-state index in [0.29, 0.717) is 13.1 Å². The monoisotopic (exact) mass is 309 g/mol. The molecule has 1 aromatic rings. The summed E-state index contributed by atoms with van der Waals surface area (Å²) in [5, 5.41) is 3.41. The molecule has 0 aromatic heterocycles. The van der Waals surface area contributed by atoms with Gasteiger partial charge in [-0.05, 0) is 29.7 Å². The van der Waals surface area contributed by atoms with Crippen molar-refractivity contribution in [3.8, 4) is 0 Å². The van der Waals surface area contributed by atoms with Gasteiger partial charge >= 0.3 is 0 Å². The van der Waals surface area contributed by atoms with Crippen molar-refractivity contribution in [2.45, 2.75) is 19.5 Å². The lowest BCUT2D eigenvalue weighted by atomic mass is 9.98. The van der Waals surface area contributed by atoms with Crippen LogP contribution < -0.4 is 5.32 Å². The highest BCUT2D eigenvalue weighted by Gasteiger charge is 2.23. The number of benzene rings is 1. The van der Waals surface area contributed by atoms with Gasteiger partial charge in [0.05, 0.1) is 6.26 Å². The maximum absolute atomic E-state index is 11.5. The predicted octanol–water partition coefficient (Wildman–Crippen LogP) is 0.410. The number of nitrogens with one attached hydrogen (secondary N) is 1. The Morgan fingerprint density at radius 3 is 2.62 bits per heavy atom. The summed E-state index contributed by atoms with van der Waals surface area (Å²) >= 11 is 0. The molecule has 1 aromatic carbocycles. The van der Waals surface area contributed by atoms with Crippen LogP contribution >= 0.6 is 0 Å². The van der Waals surface area contributed by atoms with Crippen LogP contribution in [0, 0.1) is 0 Å². The van der Waals surface area contributed by atoms with Gasteiger partial charge < -0.3 is 5.32 Å². The molecule has 1 saturated heterocycles. The van der Waals surface area contributed by atoms with Crippen molar-refractivity contribution in [2.24, 2.45) is 0 Å². The first-order valence-electron chi connectivity index (χ1n) is 7.51. The molecule has 2 aliphatic rings. The Morgan fingerprint density at radius 2 is 1.90 bits per heavy atom. The van der Waals surface area contributed by atoms with E-state index in [1.165, 1.54) is 22.9 Å². The Bertz CT molecular complexity index is 607. The smallest absolute Gasteiger partial charge is 0.211 e. The summed E-state index contributed by atoms with van der Waals surface area (Å²) in [5.41, 5.74) is 4.19. The van der Waals surface area contributed by atoms with Gasteiger partial charge in [0.1, 0.15) is 0 Å². The fourth-order valence-corrected chi connectivity index (χ4v) is 3.94. The normalized spacial score (nSPS) is 21.2. The summed E-state index contributed by atoms with van der Waals surface area (Å²) < 4.78 is 24.6. The fraction of sp³-hybridized carbons (Fsp3) is 0.600. The van der Waals surface area contributed by atoms with Gasteiger partial charge in [-0.1, -0.05) is 18.2 Å². The number of piperazine rings is 1. The van der Waals surface area contributed by atoms with Crippen LogP contribution in [-0.4, -0.2) is 56.6 Å². The Balaban J connectivity index is 1.61. The zero-order chi connectivity index (χ0) is 14.9. The Kier molecular flexibility index (Phi) is 4.31. The molecule has 0 aliphatic carbocycles. The third-order valence-electron chi connectivity index (χ3n) is 4.36. The van der Waals surface area contributed by atoms with Crippen LogP contribution in [0.4, 0.5) is 0 Å². The van der Waals surface area contributed by atoms with Gasteiger partial charge in [0.25, 0.3) is 0 Å². The van der Waals surface area contributed by atoms with Gasteiger partial charge in [0, 0.05) is 39.3 Å². The van der Waals surface area contributed by atoms with Gasteiger partial charge in [-0.15, -0.1) is 0 Å². The van der Waals surface area contributed by atoms with E-state index in [1.54, 1.807) is 4.31 Å². The molecule has 0 radical (unpaired) electrons. The quantitative estimate of drug-likeness (QED) is 0.879.